The molecule has 0 amide bonds. The van der Waals surface area contributed by atoms with Crippen LogP contribution in [-0.4, -0.2) is 20.8 Å². The zero-order valence-corrected chi connectivity index (χ0v) is 9.19. The Hall–Kier alpha value is -1.22. The number of rotatable bonds is 4. The second-order valence-corrected chi connectivity index (χ2v) is 3.95. The Morgan fingerprint density at radius 1 is 1.27 bits per heavy atom. The number of nitrogens with two attached hydrogens (primary N) is 1. The highest BCUT2D eigenvalue weighted by molar-refractivity contribution is 5.45. The second-order valence-electron chi connectivity index (χ2n) is 3.95. The Bertz CT molecular complexity index is 351. The average Bonchev–Trinajstić information content (AvgIpc) is 3.07. The maximum Gasteiger partial charge on any atom is 0.160 e. The summed E-state index contributed by atoms with van der Waals surface area (Å²) in [6.45, 7) is 0.777. The van der Waals surface area contributed by atoms with Crippen molar-refractivity contribution in [2.24, 2.45) is 11.7 Å². The normalized spacial score (nSPS) is 23.7. The van der Waals surface area contributed by atoms with E-state index in [0.717, 1.165) is 18.0 Å². The fourth-order valence-corrected chi connectivity index (χ4v) is 2.00. The van der Waals surface area contributed by atoms with Gasteiger partial charge in [0.25, 0.3) is 0 Å². The minimum atomic E-state index is 0.620. The summed E-state index contributed by atoms with van der Waals surface area (Å²) in [4.78, 5) is 0. The van der Waals surface area contributed by atoms with E-state index in [0.29, 0.717) is 11.8 Å². The van der Waals surface area contributed by atoms with Gasteiger partial charge in [-0.2, -0.15) is 0 Å². The van der Waals surface area contributed by atoms with E-state index in [9.17, 15) is 0 Å². The van der Waals surface area contributed by atoms with Gasteiger partial charge in [-0.1, -0.05) is 6.07 Å². The lowest BCUT2D eigenvalue weighted by atomic mass is 10.1. The molecule has 82 valence electrons. The van der Waals surface area contributed by atoms with Crippen LogP contribution in [0.15, 0.2) is 18.2 Å². The molecule has 0 aromatic heterocycles. The summed E-state index contributed by atoms with van der Waals surface area (Å²) in [6, 6.07) is 6.11. The topological polar surface area (TPSA) is 44.5 Å². The molecule has 0 saturated heterocycles. The fourth-order valence-electron chi connectivity index (χ4n) is 2.00. The molecule has 1 aliphatic carbocycles. The Balaban J connectivity index is 2.20. The molecule has 0 radical (unpaired) electrons. The third-order valence-corrected chi connectivity index (χ3v) is 3.06. The number of ether oxygens (including phenoxy) is 2. The van der Waals surface area contributed by atoms with Gasteiger partial charge in [0.05, 0.1) is 14.2 Å². The van der Waals surface area contributed by atoms with Gasteiger partial charge in [0, 0.05) is 0 Å². The van der Waals surface area contributed by atoms with Crippen LogP contribution in [0.25, 0.3) is 0 Å². The molecule has 15 heavy (non-hydrogen) atoms. The van der Waals surface area contributed by atoms with Crippen LogP contribution in [0.4, 0.5) is 0 Å². The molecule has 0 bridgehead atoms. The highest BCUT2D eigenvalue weighted by Gasteiger charge is 2.37. The molecule has 3 nitrogen and oxygen atoms in total. The summed E-state index contributed by atoms with van der Waals surface area (Å²) < 4.78 is 10.5. The predicted molar refractivity (Wildman–Crippen MR) is 59.4 cm³/mol. The highest BCUT2D eigenvalue weighted by Crippen LogP contribution is 2.48. The van der Waals surface area contributed by atoms with E-state index in [2.05, 4.69) is 12.1 Å². The molecule has 0 spiro atoms. The molecule has 1 fully saturated rings. The first-order valence-corrected chi connectivity index (χ1v) is 5.22. The largest absolute Gasteiger partial charge is 0.493 e. The summed E-state index contributed by atoms with van der Waals surface area (Å²) >= 11 is 0. The molecule has 0 heterocycles. The van der Waals surface area contributed by atoms with Gasteiger partial charge in [0.1, 0.15) is 0 Å². The zero-order chi connectivity index (χ0) is 10.8. The van der Waals surface area contributed by atoms with Gasteiger partial charge in [0.2, 0.25) is 0 Å². The lowest BCUT2D eigenvalue weighted by Gasteiger charge is -2.09. The van der Waals surface area contributed by atoms with E-state index >= 15 is 0 Å². The standard InChI is InChI=1S/C12H17NO2/c1-14-11-4-3-8(6-12(11)15-2)10-5-9(10)7-13/h3-4,6,9-10H,5,7,13H2,1-2H3/t9-,10-/m1/s1. The van der Waals surface area contributed by atoms with E-state index in [1.165, 1.54) is 12.0 Å². The predicted octanol–water partition coefficient (Wildman–Crippen LogP) is 1.77. The lowest BCUT2D eigenvalue weighted by molar-refractivity contribution is 0.354. The minimum Gasteiger partial charge on any atom is -0.493 e. The average molecular weight is 207 g/mol. The van der Waals surface area contributed by atoms with Gasteiger partial charge in [0.15, 0.2) is 11.5 Å². The summed E-state index contributed by atoms with van der Waals surface area (Å²) in [6.07, 6.45) is 1.20. The highest BCUT2D eigenvalue weighted by atomic mass is 16.5. The van der Waals surface area contributed by atoms with Gasteiger partial charge in [-0.05, 0) is 42.5 Å². The molecule has 0 unspecified atom stereocenters. The molecule has 1 aromatic carbocycles. The van der Waals surface area contributed by atoms with Crippen LogP contribution >= 0.6 is 0 Å². The van der Waals surface area contributed by atoms with Crippen molar-refractivity contribution in [3.8, 4) is 11.5 Å². The SMILES string of the molecule is COc1ccc([C@H]2C[C@@H]2CN)cc1OC. The van der Waals surface area contributed by atoms with Crippen LogP contribution < -0.4 is 15.2 Å². The van der Waals surface area contributed by atoms with Crippen LogP contribution in [0.3, 0.4) is 0 Å². The molecule has 1 aromatic rings. The van der Waals surface area contributed by atoms with Crippen LogP contribution in [0.2, 0.25) is 0 Å². The molecule has 3 heteroatoms. The van der Waals surface area contributed by atoms with Gasteiger partial charge >= 0.3 is 0 Å². The van der Waals surface area contributed by atoms with E-state index in [-0.39, 0.29) is 0 Å². The second kappa shape index (κ2) is 4.11. The molecule has 1 saturated carbocycles. The summed E-state index contributed by atoms with van der Waals surface area (Å²) in [5.41, 5.74) is 6.94. The van der Waals surface area contributed by atoms with Crippen molar-refractivity contribution in [3.05, 3.63) is 23.8 Å². The van der Waals surface area contributed by atoms with Crippen molar-refractivity contribution in [1.82, 2.24) is 0 Å². The van der Waals surface area contributed by atoms with Crippen molar-refractivity contribution in [3.63, 3.8) is 0 Å². The summed E-state index contributed by atoms with van der Waals surface area (Å²) in [7, 11) is 3.31. The Kier molecular flexibility index (Phi) is 2.82. The first-order valence-electron chi connectivity index (χ1n) is 5.22. The molecule has 0 aliphatic heterocycles. The number of hydrogen-bond donors (Lipinski definition) is 1. The van der Waals surface area contributed by atoms with E-state index in [4.69, 9.17) is 15.2 Å². The maximum absolute atomic E-state index is 5.63. The lowest BCUT2D eigenvalue weighted by Crippen LogP contribution is -2.02. The Morgan fingerprint density at radius 2 is 2.00 bits per heavy atom. The van der Waals surface area contributed by atoms with E-state index in [1.54, 1.807) is 14.2 Å². The molecule has 2 N–H and O–H groups in total. The number of hydrogen-bond acceptors (Lipinski definition) is 3. The molecular formula is C12H17NO2. The Labute approximate surface area is 90.2 Å². The summed E-state index contributed by atoms with van der Waals surface area (Å²) in [5, 5.41) is 0. The van der Waals surface area contributed by atoms with Crippen molar-refractivity contribution < 1.29 is 9.47 Å². The van der Waals surface area contributed by atoms with Crippen molar-refractivity contribution >= 4 is 0 Å². The first kappa shape index (κ1) is 10.3. The number of benzene rings is 1. The fraction of sp³-hybridized carbons (Fsp3) is 0.500. The van der Waals surface area contributed by atoms with Crippen molar-refractivity contribution in [1.29, 1.82) is 0 Å². The van der Waals surface area contributed by atoms with Gasteiger partial charge in [-0.3, -0.25) is 0 Å². The third kappa shape index (κ3) is 1.92. The van der Waals surface area contributed by atoms with Crippen molar-refractivity contribution in [2.45, 2.75) is 12.3 Å². The minimum absolute atomic E-state index is 0.620. The van der Waals surface area contributed by atoms with E-state index < -0.39 is 0 Å². The van der Waals surface area contributed by atoms with Gasteiger partial charge in [-0.15, -0.1) is 0 Å². The Morgan fingerprint density at radius 3 is 2.53 bits per heavy atom. The van der Waals surface area contributed by atoms with Crippen LogP contribution in [0, 0.1) is 5.92 Å². The van der Waals surface area contributed by atoms with Gasteiger partial charge in [-0.25, -0.2) is 0 Å². The quantitative estimate of drug-likeness (QED) is 0.818. The molecule has 1 aliphatic rings. The molecule has 2 rings (SSSR count). The zero-order valence-electron chi connectivity index (χ0n) is 9.19. The summed E-state index contributed by atoms with van der Waals surface area (Å²) in [5.74, 6) is 2.86. The maximum atomic E-state index is 5.63. The van der Waals surface area contributed by atoms with Crippen LogP contribution in [-0.2, 0) is 0 Å². The number of methoxy groups -OCH3 is 2. The first-order chi connectivity index (χ1) is 7.30. The smallest absolute Gasteiger partial charge is 0.160 e. The van der Waals surface area contributed by atoms with Crippen molar-refractivity contribution in [2.75, 3.05) is 20.8 Å². The third-order valence-electron chi connectivity index (χ3n) is 3.06. The molecule has 2 atom stereocenters. The van der Waals surface area contributed by atoms with Crippen LogP contribution in [0.5, 0.6) is 11.5 Å². The van der Waals surface area contributed by atoms with Crippen LogP contribution in [0.1, 0.15) is 17.9 Å². The van der Waals surface area contributed by atoms with E-state index in [1.807, 2.05) is 6.07 Å². The molecular weight excluding hydrogens is 190 g/mol. The van der Waals surface area contributed by atoms with Gasteiger partial charge < -0.3 is 15.2 Å². The monoisotopic (exact) mass is 207 g/mol.